The molecule has 2 aromatic heterocycles. The summed E-state index contributed by atoms with van der Waals surface area (Å²) in [5.41, 5.74) is 6.99. The lowest BCUT2D eigenvalue weighted by molar-refractivity contribution is 0.1000. The van der Waals surface area contributed by atoms with E-state index >= 15 is 0 Å². The van der Waals surface area contributed by atoms with Crippen LogP contribution < -0.4 is 11.1 Å². The van der Waals surface area contributed by atoms with Crippen LogP contribution in [0, 0.1) is 0 Å². The van der Waals surface area contributed by atoms with Gasteiger partial charge in [-0.15, -0.1) is 22.7 Å². The van der Waals surface area contributed by atoms with Gasteiger partial charge in [-0.2, -0.15) is 0 Å². The fourth-order valence-electron chi connectivity index (χ4n) is 2.48. The zero-order valence-corrected chi connectivity index (χ0v) is 15.0. The minimum absolute atomic E-state index is 0.217. The molecule has 0 aromatic carbocycles. The third kappa shape index (κ3) is 2.96. The van der Waals surface area contributed by atoms with Crippen molar-refractivity contribution in [2.75, 3.05) is 18.9 Å². The molecule has 0 atom stereocenters. The number of nitrogens with one attached hydrogen (secondary N) is 1. The standard InChI is InChI=1S/C14H14BrN3O2S2/c1-18-5-4-7-9(6-18)22-14(11(7)12(16)19)17-13(20)8-2-3-10(15)21-8/h2-3H,4-6H2,1H3,(H2,16,19)(H,17,20). The molecular weight excluding hydrogens is 386 g/mol. The molecule has 3 rings (SSSR count). The summed E-state index contributed by atoms with van der Waals surface area (Å²) < 4.78 is 0.889. The van der Waals surface area contributed by atoms with Gasteiger partial charge in [0.15, 0.2) is 0 Å². The number of hydrogen-bond acceptors (Lipinski definition) is 5. The fraction of sp³-hybridized carbons (Fsp3) is 0.286. The van der Waals surface area contributed by atoms with Crippen LogP contribution in [0.2, 0.25) is 0 Å². The number of fused-ring (bicyclic) bond motifs is 1. The fourth-order valence-corrected chi connectivity index (χ4v) is 5.09. The number of nitrogens with zero attached hydrogens (tertiary/aromatic N) is 1. The summed E-state index contributed by atoms with van der Waals surface area (Å²) in [5.74, 6) is -0.699. The Kier molecular flexibility index (Phi) is 4.35. The zero-order valence-electron chi connectivity index (χ0n) is 11.8. The van der Waals surface area contributed by atoms with Crippen molar-refractivity contribution in [2.45, 2.75) is 13.0 Å². The molecule has 0 saturated heterocycles. The number of carbonyl (C=O) groups is 2. The quantitative estimate of drug-likeness (QED) is 0.832. The SMILES string of the molecule is CN1CCc2c(sc(NC(=O)c3ccc(Br)s3)c2C(N)=O)C1. The van der Waals surface area contributed by atoms with Gasteiger partial charge in [0.25, 0.3) is 11.8 Å². The van der Waals surface area contributed by atoms with Gasteiger partial charge < -0.3 is 16.0 Å². The lowest BCUT2D eigenvalue weighted by atomic mass is 10.0. The van der Waals surface area contributed by atoms with Gasteiger partial charge in [0.05, 0.1) is 14.2 Å². The number of carbonyl (C=O) groups excluding carboxylic acids is 2. The van der Waals surface area contributed by atoms with Gasteiger partial charge in [-0.05, 0) is 47.1 Å². The molecule has 8 heteroatoms. The van der Waals surface area contributed by atoms with Gasteiger partial charge in [-0.3, -0.25) is 9.59 Å². The zero-order chi connectivity index (χ0) is 15.9. The number of anilines is 1. The van der Waals surface area contributed by atoms with Crippen molar-refractivity contribution in [3.05, 3.63) is 36.8 Å². The Hall–Kier alpha value is -1.22. The summed E-state index contributed by atoms with van der Waals surface area (Å²) in [6.07, 6.45) is 0.779. The van der Waals surface area contributed by atoms with Crippen LogP contribution in [0.4, 0.5) is 5.00 Å². The first-order valence-electron chi connectivity index (χ1n) is 6.65. The summed E-state index contributed by atoms with van der Waals surface area (Å²) in [7, 11) is 2.04. The molecule has 0 unspecified atom stereocenters. The van der Waals surface area contributed by atoms with Crippen molar-refractivity contribution in [2.24, 2.45) is 5.73 Å². The van der Waals surface area contributed by atoms with E-state index in [1.807, 2.05) is 13.1 Å². The highest BCUT2D eigenvalue weighted by Gasteiger charge is 2.26. The summed E-state index contributed by atoms with van der Waals surface area (Å²) >= 11 is 6.13. The lowest BCUT2D eigenvalue weighted by Crippen LogP contribution is -2.27. The highest BCUT2D eigenvalue weighted by atomic mass is 79.9. The average molecular weight is 400 g/mol. The molecule has 22 heavy (non-hydrogen) atoms. The van der Waals surface area contributed by atoms with Crippen molar-refractivity contribution in [3.8, 4) is 0 Å². The summed E-state index contributed by atoms with van der Waals surface area (Å²) in [6.45, 7) is 1.66. The van der Waals surface area contributed by atoms with Crippen molar-refractivity contribution in [3.63, 3.8) is 0 Å². The minimum Gasteiger partial charge on any atom is -0.365 e. The monoisotopic (exact) mass is 399 g/mol. The predicted molar refractivity (Wildman–Crippen MR) is 92.8 cm³/mol. The largest absolute Gasteiger partial charge is 0.365 e. The van der Waals surface area contributed by atoms with Crippen LogP contribution in [-0.2, 0) is 13.0 Å². The van der Waals surface area contributed by atoms with E-state index in [0.29, 0.717) is 15.4 Å². The first-order chi connectivity index (χ1) is 10.5. The van der Waals surface area contributed by atoms with Crippen LogP contribution in [-0.4, -0.2) is 30.3 Å². The molecule has 0 bridgehead atoms. The number of likely N-dealkylation sites (N-methyl/N-ethyl adjacent to an activating group) is 1. The predicted octanol–water partition coefficient (Wildman–Crippen LogP) is 2.91. The van der Waals surface area contributed by atoms with Gasteiger partial charge in [0.2, 0.25) is 0 Å². The summed E-state index contributed by atoms with van der Waals surface area (Å²) in [4.78, 5) is 28.0. The molecule has 1 aliphatic heterocycles. The first kappa shape index (κ1) is 15.7. The smallest absolute Gasteiger partial charge is 0.266 e. The van der Waals surface area contributed by atoms with E-state index in [1.54, 1.807) is 6.07 Å². The van der Waals surface area contributed by atoms with Crippen LogP contribution in [0.15, 0.2) is 15.9 Å². The maximum Gasteiger partial charge on any atom is 0.266 e. The maximum absolute atomic E-state index is 12.3. The number of halogens is 1. The van der Waals surface area contributed by atoms with Crippen LogP contribution >= 0.6 is 38.6 Å². The molecule has 2 aromatic rings. The molecule has 0 aliphatic carbocycles. The Morgan fingerprint density at radius 2 is 2.14 bits per heavy atom. The molecule has 3 N–H and O–H groups in total. The van der Waals surface area contributed by atoms with Crippen molar-refractivity contribution in [1.29, 1.82) is 0 Å². The van der Waals surface area contributed by atoms with E-state index in [4.69, 9.17) is 5.73 Å². The molecule has 1 aliphatic rings. The third-order valence-corrected chi connectivity index (χ3v) is 6.27. The van der Waals surface area contributed by atoms with E-state index in [-0.39, 0.29) is 5.91 Å². The van der Waals surface area contributed by atoms with Crippen molar-refractivity contribution in [1.82, 2.24) is 4.90 Å². The van der Waals surface area contributed by atoms with E-state index in [2.05, 4.69) is 26.1 Å². The summed E-state index contributed by atoms with van der Waals surface area (Å²) in [6, 6.07) is 3.57. The summed E-state index contributed by atoms with van der Waals surface area (Å²) in [5, 5.41) is 3.40. The van der Waals surface area contributed by atoms with Crippen molar-refractivity contribution < 1.29 is 9.59 Å². The Labute approximate surface area is 144 Å². The topological polar surface area (TPSA) is 75.4 Å². The van der Waals surface area contributed by atoms with Gasteiger partial charge in [-0.1, -0.05) is 0 Å². The van der Waals surface area contributed by atoms with Gasteiger partial charge in [0, 0.05) is 18.0 Å². The second-order valence-corrected chi connectivity index (χ2v) is 8.69. The molecule has 0 saturated carbocycles. The number of primary amides is 1. The number of rotatable bonds is 3. The number of nitrogens with two attached hydrogens (primary N) is 1. The van der Waals surface area contributed by atoms with E-state index < -0.39 is 5.91 Å². The van der Waals surface area contributed by atoms with Crippen LogP contribution in [0.25, 0.3) is 0 Å². The normalized spacial score (nSPS) is 14.6. The number of thiophene rings is 2. The van der Waals surface area contributed by atoms with E-state index in [0.717, 1.165) is 33.7 Å². The van der Waals surface area contributed by atoms with E-state index in [1.165, 1.54) is 22.7 Å². The van der Waals surface area contributed by atoms with E-state index in [9.17, 15) is 9.59 Å². The van der Waals surface area contributed by atoms with Crippen molar-refractivity contribution >= 4 is 55.4 Å². The molecule has 0 spiro atoms. The van der Waals surface area contributed by atoms with Crippen LogP contribution in [0.3, 0.4) is 0 Å². The Balaban J connectivity index is 1.93. The van der Waals surface area contributed by atoms with Crippen LogP contribution in [0.1, 0.15) is 30.5 Å². The lowest BCUT2D eigenvalue weighted by Gasteiger charge is -2.22. The minimum atomic E-state index is -0.482. The van der Waals surface area contributed by atoms with Gasteiger partial charge >= 0.3 is 0 Å². The maximum atomic E-state index is 12.3. The molecule has 116 valence electrons. The molecule has 5 nitrogen and oxygen atoms in total. The first-order valence-corrected chi connectivity index (χ1v) is 9.08. The Morgan fingerprint density at radius 1 is 1.36 bits per heavy atom. The molecule has 0 fully saturated rings. The molecule has 0 radical (unpaired) electrons. The highest BCUT2D eigenvalue weighted by Crippen LogP contribution is 2.37. The average Bonchev–Trinajstić information content (AvgIpc) is 3.01. The van der Waals surface area contributed by atoms with Gasteiger partial charge in [-0.25, -0.2) is 0 Å². The van der Waals surface area contributed by atoms with Gasteiger partial charge in [0.1, 0.15) is 5.00 Å². The number of hydrogen-bond donors (Lipinski definition) is 2. The second kappa shape index (κ2) is 6.11. The third-order valence-electron chi connectivity index (χ3n) is 3.52. The molecule has 3 heterocycles. The Morgan fingerprint density at radius 3 is 2.77 bits per heavy atom. The molecule has 2 amide bonds. The number of amides is 2. The second-order valence-electron chi connectivity index (χ2n) is 5.12. The van der Waals surface area contributed by atoms with Crippen LogP contribution in [0.5, 0.6) is 0 Å². The highest BCUT2D eigenvalue weighted by molar-refractivity contribution is 9.11. The molecular formula is C14H14BrN3O2S2. The Bertz CT molecular complexity index is 753.